The Balaban J connectivity index is 1.60. The monoisotopic (exact) mass is 439 g/mol. The number of hydrogen-bond donors (Lipinski definition) is 0. The Hall–Kier alpha value is -2.48. The topological polar surface area (TPSA) is 54.9 Å². The lowest BCUT2D eigenvalue weighted by Gasteiger charge is -2.27. The number of aryl methyl sites for hydroxylation is 1. The normalized spacial score (nSPS) is 14.6. The van der Waals surface area contributed by atoms with Crippen molar-refractivity contribution in [3.8, 4) is 5.75 Å². The largest absolute Gasteiger partial charge is 0.497 e. The van der Waals surface area contributed by atoms with Crippen LogP contribution in [0, 0.1) is 0 Å². The second kappa shape index (κ2) is 10.2. The minimum atomic E-state index is -0.0435. The Morgan fingerprint density at radius 2 is 2.03 bits per heavy atom. The van der Waals surface area contributed by atoms with Crippen molar-refractivity contribution in [2.24, 2.45) is 0 Å². The number of fused-ring (bicyclic) bond motifs is 1. The SMILES string of the molecule is CCc1cccc2sc(N(CCCN3CCOCC3)C(=O)c3cccc(OC)c3)nc12. The van der Waals surface area contributed by atoms with Crippen molar-refractivity contribution in [1.29, 1.82) is 0 Å². The standard InChI is InChI=1S/C24H29N3O3S/c1-3-18-7-5-10-21-22(18)25-24(31-21)27(12-6-11-26-13-15-30-16-14-26)23(28)19-8-4-9-20(17-19)29-2/h4-5,7-10,17H,3,6,11-16H2,1-2H3. The zero-order valence-electron chi connectivity index (χ0n) is 18.2. The summed E-state index contributed by atoms with van der Waals surface area (Å²) < 4.78 is 11.9. The lowest BCUT2D eigenvalue weighted by Crippen LogP contribution is -2.39. The first-order valence-electron chi connectivity index (χ1n) is 10.8. The van der Waals surface area contributed by atoms with Gasteiger partial charge in [-0.05, 0) is 42.7 Å². The Morgan fingerprint density at radius 3 is 2.81 bits per heavy atom. The molecule has 4 rings (SSSR count). The van der Waals surface area contributed by atoms with E-state index in [4.69, 9.17) is 14.5 Å². The highest BCUT2D eigenvalue weighted by Gasteiger charge is 2.22. The molecule has 0 N–H and O–H groups in total. The predicted molar refractivity (Wildman–Crippen MR) is 126 cm³/mol. The molecule has 0 spiro atoms. The van der Waals surface area contributed by atoms with E-state index in [9.17, 15) is 4.79 Å². The third-order valence-electron chi connectivity index (χ3n) is 5.62. The number of rotatable bonds is 8. The average Bonchev–Trinajstić information content (AvgIpc) is 3.26. The maximum absolute atomic E-state index is 13.5. The molecule has 164 valence electrons. The summed E-state index contributed by atoms with van der Waals surface area (Å²) in [6.07, 6.45) is 1.80. The zero-order valence-corrected chi connectivity index (χ0v) is 19.0. The minimum Gasteiger partial charge on any atom is -0.497 e. The molecule has 2 aromatic carbocycles. The molecule has 31 heavy (non-hydrogen) atoms. The summed E-state index contributed by atoms with van der Waals surface area (Å²) in [5.41, 5.74) is 2.82. The number of thiazole rings is 1. The van der Waals surface area contributed by atoms with E-state index in [2.05, 4.69) is 30.0 Å². The molecule has 0 aliphatic carbocycles. The van der Waals surface area contributed by atoms with Crippen LogP contribution in [0.3, 0.4) is 0 Å². The first-order chi connectivity index (χ1) is 15.2. The van der Waals surface area contributed by atoms with Crippen molar-refractivity contribution < 1.29 is 14.3 Å². The number of para-hydroxylation sites is 1. The van der Waals surface area contributed by atoms with Crippen LogP contribution in [0.2, 0.25) is 0 Å². The Bertz CT molecular complexity index is 1030. The van der Waals surface area contributed by atoms with Gasteiger partial charge in [-0.1, -0.05) is 36.5 Å². The van der Waals surface area contributed by atoms with Crippen molar-refractivity contribution in [2.45, 2.75) is 19.8 Å². The maximum atomic E-state index is 13.5. The molecular weight excluding hydrogens is 410 g/mol. The van der Waals surface area contributed by atoms with Crippen LogP contribution in [0.15, 0.2) is 42.5 Å². The van der Waals surface area contributed by atoms with Gasteiger partial charge in [0.2, 0.25) is 0 Å². The van der Waals surface area contributed by atoms with E-state index in [0.717, 1.165) is 61.0 Å². The lowest BCUT2D eigenvalue weighted by molar-refractivity contribution is 0.0376. The van der Waals surface area contributed by atoms with Gasteiger partial charge in [0, 0.05) is 31.7 Å². The van der Waals surface area contributed by atoms with Crippen molar-refractivity contribution >= 4 is 32.6 Å². The Labute approximate surface area is 187 Å². The predicted octanol–water partition coefficient (Wildman–Crippen LogP) is 4.24. The third-order valence-corrected chi connectivity index (χ3v) is 6.67. The van der Waals surface area contributed by atoms with Crippen LogP contribution < -0.4 is 9.64 Å². The number of morpholine rings is 1. The smallest absolute Gasteiger partial charge is 0.260 e. The van der Waals surface area contributed by atoms with Gasteiger partial charge in [-0.2, -0.15) is 0 Å². The summed E-state index contributed by atoms with van der Waals surface area (Å²) in [5.74, 6) is 0.634. The Kier molecular flexibility index (Phi) is 7.17. The van der Waals surface area contributed by atoms with Crippen LogP contribution in [0.5, 0.6) is 5.75 Å². The van der Waals surface area contributed by atoms with Crippen molar-refractivity contribution in [1.82, 2.24) is 9.88 Å². The van der Waals surface area contributed by atoms with Crippen molar-refractivity contribution in [3.05, 3.63) is 53.6 Å². The van der Waals surface area contributed by atoms with Crippen LogP contribution >= 0.6 is 11.3 Å². The fourth-order valence-corrected chi connectivity index (χ4v) is 4.91. The number of ether oxygens (including phenoxy) is 2. The molecule has 1 aromatic heterocycles. The number of methoxy groups -OCH3 is 1. The molecule has 3 aromatic rings. The van der Waals surface area contributed by atoms with Gasteiger partial charge >= 0.3 is 0 Å². The fraction of sp³-hybridized carbons (Fsp3) is 0.417. The van der Waals surface area contributed by atoms with Crippen LogP contribution in [-0.4, -0.2) is 62.3 Å². The Morgan fingerprint density at radius 1 is 1.23 bits per heavy atom. The molecule has 0 atom stereocenters. The molecule has 1 saturated heterocycles. The molecule has 0 saturated carbocycles. The van der Waals surface area contributed by atoms with E-state index in [1.165, 1.54) is 5.56 Å². The number of anilines is 1. The summed E-state index contributed by atoms with van der Waals surface area (Å²) in [7, 11) is 1.61. The highest BCUT2D eigenvalue weighted by molar-refractivity contribution is 7.22. The van der Waals surface area contributed by atoms with Crippen LogP contribution in [0.1, 0.15) is 29.3 Å². The minimum absolute atomic E-state index is 0.0435. The van der Waals surface area contributed by atoms with Crippen LogP contribution in [0.4, 0.5) is 5.13 Å². The average molecular weight is 440 g/mol. The number of benzene rings is 2. The first-order valence-corrected chi connectivity index (χ1v) is 11.7. The van der Waals surface area contributed by atoms with Gasteiger partial charge < -0.3 is 9.47 Å². The summed E-state index contributed by atoms with van der Waals surface area (Å²) in [6.45, 7) is 7.16. The number of hydrogen-bond acceptors (Lipinski definition) is 6. The summed E-state index contributed by atoms with van der Waals surface area (Å²) in [5, 5.41) is 0.755. The molecule has 7 heteroatoms. The second-order valence-corrected chi connectivity index (χ2v) is 8.62. The van der Waals surface area contributed by atoms with E-state index in [1.54, 1.807) is 24.5 Å². The molecule has 0 bridgehead atoms. The molecule has 1 fully saturated rings. The molecular formula is C24H29N3O3S. The summed E-state index contributed by atoms with van der Waals surface area (Å²) in [6, 6.07) is 13.6. The van der Waals surface area contributed by atoms with E-state index in [-0.39, 0.29) is 5.91 Å². The summed E-state index contributed by atoms with van der Waals surface area (Å²) in [4.78, 5) is 22.7. The number of carbonyl (C=O) groups excluding carboxylic acids is 1. The van der Waals surface area contributed by atoms with Crippen LogP contribution in [-0.2, 0) is 11.2 Å². The quantitative estimate of drug-likeness (QED) is 0.526. The summed E-state index contributed by atoms with van der Waals surface area (Å²) >= 11 is 1.58. The number of nitrogens with zero attached hydrogens (tertiary/aromatic N) is 3. The van der Waals surface area contributed by atoms with Gasteiger partial charge in [-0.25, -0.2) is 4.98 Å². The number of carbonyl (C=O) groups is 1. The van der Waals surface area contributed by atoms with E-state index < -0.39 is 0 Å². The van der Waals surface area contributed by atoms with Gasteiger partial charge in [-0.3, -0.25) is 14.6 Å². The van der Waals surface area contributed by atoms with Gasteiger partial charge in [0.05, 0.1) is 30.5 Å². The van der Waals surface area contributed by atoms with Crippen molar-refractivity contribution in [3.63, 3.8) is 0 Å². The van der Waals surface area contributed by atoms with E-state index >= 15 is 0 Å². The fourth-order valence-electron chi connectivity index (χ4n) is 3.87. The van der Waals surface area contributed by atoms with Crippen LogP contribution in [0.25, 0.3) is 10.2 Å². The first kappa shape index (κ1) is 21.7. The molecule has 6 nitrogen and oxygen atoms in total. The lowest BCUT2D eigenvalue weighted by atomic mass is 10.1. The molecule has 0 unspecified atom stereocenters. The number of aromatic nitrogens is 1. The van der Waals surface area contributed by atoms with Crippen molar-refractivity contribution in [2.75, 3.05) is 51.4 Å². The van der Waals surface area contributed by atoms with Gasteiger partial charge in [0.15, 0.2) is 5.13 Å². The maximum Gasteiger partial charge on any atom is 0.260 e. The highest BCUT2D eigenvalue weighted by atomic mass is 32.1. The van der Waals surface area contributed by atoms with Gasteiger partial charge in [0.1, 0.15) is 5.75 Å². The highest BCUT2D eigenvalue weighted by Crippen LogP contribution is 2.32. The zero-order chi connectivity index (χ0) is 21.6. The molecule has 1 aliphatic rings. The molecule has 0 radical (unpaired) electrons. The van der Waals surface area contributed by atoms with E-state index in [1.807, 2.05) is 23.1 Å². The molecule has 1 aliphatic heterocycles. The number of amides is 1. The second-order valence-electron chi connectivity index (χ2n) is 7.61. The molecule has 1 amide bonds. The van der Waals surface area contributed by atoms with E-state index in [0.29, 0.717) is 17.9 Å². The van der Waals surface area contributed by atoms with Gasteiger partial charge in [0.25, 0.3) is 5.91 Å². The molecule has 2 heterocycles. The van der Waals surface area contributed by atoms with Gasteiger partial charge in [-0.15, -0.1) is 0 Å². The third kappa shape index (κ3) is 5.06.